The van der Waals surface area contributed by atoms with E-state index in [4.69, 9.17) is 4.74 Å². The zero-order valence-corrected chi connectivity index (χ0v) is 11.0. The molecule has 2 rings (SSSR count). The number of anilines is 1. The molecule has 1 aromatic rings. The van der Waals surface area contributed by atoms with E-state index in [1.54, 1.807) is 31.4 Å². The van der Waals surface area contributed by atoms with Gasteiger partial charge in [-0.25, -0.2) is 0 Å². The maximum atomic E-state index is 12.1. The van der Waals surface area contributed by atoms with E-state index in [9.17, 15) is 8.42 Å². The van der Waals surface area contributed by atoms with Crippen molar-refractivity contribution in [3.05, 3.63) is 24.3 Å². The largest absolute Gasteiger partial charge is 0.497 e. The molecule has 100 valence electrons. The first-order chi connectivity index (χ1) is 8.62. The molecule has 1 heterocycles. The highest BCUT2D eigenvalue weighted by atomic mass is 32.2. The van der Waals surface area contributed by atoms with Crippen LogP contribution >= 0.6 is 0 Å². The summed E-state index contributed by atoms with van der Waals surface area (Å²) >= 11 is 0. The third-order valence-electron chi connectivity index (χ3n) is 2.75. The molecule has 1 aromatic carbocycles. The van der Waals surface area contributed by atoms with Crippen LogP contribution in [0, 0.1) is 0 Å². The van der Waals surface area contributed by atoms with E-state index in [2.05, 4.69) is 10.0 Å². The molecule has 1 aliphatic heterocycles. The van der Waals surface area contributed by atoms with E-state index in [1.165, 1.54) is 4.31 Å². The van der Waals surface area contributed by atoms with Gasteiger partial charge in [-0.05, 0) is 24.3 Å². The molecule has 2 N–H and O–H groups in total. The van der Waals surface area contributed by atoms with E-state index in [0.29, 0.717) is 37.6 Å². The molecule has 0 aromatic heterocycles. The Morgan fingerprint density at radius 3 is 2.39 bits per heavy atom. The summed E-state index contributed by atoms with van der Waals surface area (Å²) in [7, 11) is -1.88. The smallest absolute Gasteiger partial charge is 0.301 e. The van der Waals surface area contributed by atoms with Crippen LogP contribution in [0.3, 0.4) is 0 Å². The molecule has 1 aliphatic rings. The molecule has 0 spiro atoms. The molecule has 0 unspecified atom stereocenters. The molecule has 1 fully saturated rings. The highest BCUT2D eigenvalue weighted by Gasteiger charge is 2.23. The number of ether oxygens (including phenoxy) is 1. The average molecular weight is 271 g/mol. The Morgan fingerprint density at radius 1 is 1.22 bits per heavy atom. The lowest BCUT2D eigenvalue weighted by atomic mass is 10.3. The van der Waals surface area contributed by atoms with Crippen molar-refractivity contribution in [2.24, 2.45) is 0 Å². The van der Waals surface area contributed by atoms with Gasteiger partial charge in [0.15, 0.2) is 0 Å². The third kappa shape index (κ3) is 3.12. The zero-order chi connectivity index (χ0) is 13.0. The summed E-state index contributed by atoms with van der Waals surface area (Å²) < 4.78 is 33.1. The predicted molar refractivity (Wildman–Crippen MR) is 70.0 cm³/mol. The van der Waals surface area contributed by atoms with Crippen LogP contribution in [0.4, 0.5) is 5.69 Å². The van der Waals surface area contributed by atoms with Gasteiger partial charge < -0.3 is 10.1 Å². The molecule has 18 heavy (non-hydrogen) atoms. The van der Waals surface area contributed by atoms with Gasteiger partial charge in [0.2, 0.25) is 0 Å². The molecule has 7 heteroatoms. The second kappa shape index (κ2) is 5.55. The SMILES string of the molecule is COc1ccc(NS(=O)(=O)N2CCNCC2)cc1. The average Bonchev–Trinajstić information content (AvgIpc) is 2.40. The Kier molecular flexibility index (Phi) is 4.05. The number of methoxy groups -OCH3 is 1. The summed E-state index contributed by atoms with van der Waals surface area (Å²) in [6.07, 6.45) is 0. The first-order valence-corrected chi connectivity index (χ1v) is 7.18. The molecule has 0 atom stereocenters. The van der Waals surface area contributed by atoms with Crippen LogP contribution in [0.25, 0.3) is 0 Å². The van der Waals surface area contributed by atoms with Gasteiger partial charge in [-0.3, -0.25) is 4.72 Å². The topological polar surface area (TPSA) is 70.7 Å². The molecule has 0 amide bonds. The summed E-state index contributed by atoms with van der Waals surface area (Å²) in [5.41, 5.74) is 0.536. The van der Waals surface area contributed by atoms with E-state index in [1.807, 2.05) is 0 Å². The predicted octanol–water partition coefficient (Wildman–Crippen LogP) is 0.257. The Balaban J connectivity index is 2.06. The quantitative estimate of drug-likeness (QED) is 0.824. The monoisotopic (exact) mass is 271 g/mol. The number of hydrogen-bond acceptors (Lipinski definition) is 4. The van der Waals surface area contributed by atoms with Crippen molar-refractivity contribution in [1.82, 2.24) is 9.62 Å². The first kappa shape index (κ1) is 13.1. The Morgan fingerprint density at radius 2 is 1.83 bits per heavy atom. The van der Waals surface area contributed by atoms with Crippen LogP contribution in [-0.2, 0) is 10.2 Å². The number of hydrogen-bond donors (Lipinski definition) is 2. The molecule has 1 saturated heterocycles. The van der Waals surface area contributed by atoms with Crippen LogP contribution in [0.15, 0.2) is 24.3 Å². The van der Waals surface area contributed by atoms with Crippen molar-refractivity contribution in [1.29, 1.82) is 0 Å². The molecule has 0 radical (unpaired) electrons. The van der Waals surface area contributed by atoms with Crippen molar-refractivity contribution < 1.29 is 13.2 Å². The van der Waals surface area contributed by atoms with Crippen LogP contribution in [-0.4, -0.2) is 46.0 Å². The van der Waals surface area contributed by atoms with Gasteiger partial charge in [-0.15, -0.1) is 0 Å². The number of rotatable bonds is 4. The van der Waals surface area contributed by atoms with Crippen LogP contribution < -0.4 is 14.8 Å². The number of nitrogens with zero attached hydrogens (tertiary/aromatic N) is 1. The highest BCUT2D eigenvalue weighted by molar-refractivity contribution is 7.90. The second-order valence-electron chi connectivity index (χ2n) is 3.98. The fourth-order valence-electron chi connectivity index (χ4n) is 1.76. The van der Waals surface area contributed by atoms with E-state index < -0.39 is 10.2 Å². The van der Waals surface area contributed by atoms with Crippen molar-refractivity contribution in [3.63, 3.8) is 0 Å². The first-order valence-electron chi connectivity index (χ1n) is 5.74. The summed E-state index contributed by atoms with van der Waals surface area (Å²) in [6.45, 7) is 2.35. The van der Waals surface area contributed by atoms with Crippen molar-refractivity contribution >= 4 is 15.9 Å². The standard InChI is InChI=1S/C11H17N3O3S/c1-17-11-4-2-10(3-5-11)13-18(15,16)14-8-6-12-7-9-14/h2-5,12-13H,6-9H2,1H3. The molecular weight excluding hydrogens is 254 g/mol. The fraction of sp³-hybridized carbons (Fsp3) is 0.455. The Bertz CT molecular complexity index is 481. The minimum Gasteiger partial charge on any atom is -0.497 e. The lowest BCUT2D eigenvalue weighted by Crippen LogP contribution is -2.48. The molecular formula is C11H17N3O3S. The molecule has 0 saturated carbocycles. The van der Waals surface area contributed by atoms with Gasteiger partial charge in [0.1, 0.15) is 5.75 Å². The summed E-state index contributed by atoms with van der Waals surface area (Å²) in [5, 5.41) is 3.12. The van der Waals surface area contributed by atoms with Gasteiger partial charge in [0.25, 0.3) is 0 Å². The van der Waals surface area contributed by atoms with Gasteiger partial charge in [-0.1, -0.05) is 0 Å². The summed E-state index contributed by atoms with van der Waals surface area (Å²) in [5.74, 6) is 0.695. The van der Waals surface area contributed by atoms with E-state index in [0.717, 1.165) is 0 Å². The van der Waals surface area contributed by atoms with Crippen LogP contribution in [0.2, 0.25) is 0 Å². The van der Waals surface area contributed by atoms with Gasteiger partial charge in [0, 0.05) is 26.2 Å². The van der Waals surface area contributed by atoms with Gasteiger partial charge in [-0.2, -0.15) is 12.7 Å². The molecule has 6 nitrogen and oxygen atoms in total. The van der Waals surface area contributed by atoms with E-state index in [-0.39, 0.29) is 0 Å². The molecule has 0 bridgehead atoms. The number of piperazine rings is 1. The lowest BCUT2D eigenvalue weighted by Gasteiger charge is -2.26. The van der Waals surface area contributed by atoms with Crippen LogP contribution in [0.5, 0.6) is 5.75 Å². The minimum atomic E-state index is -3.45. The zero-order valence-electron chi connectivity index (χ0n) is 10.2. The van der Waals surface area contributed by atoms with E-state index >= 15 is 0 Å². The van der Waals surface area contributed by atoms with Crippen molar-refractivity contribution in [2.75, 3.05) is 38.0 Å². The maximum absolute atomic E-state index is 12.1. The van der Waals surface area contributed by atoms with Gasteiger partial charge >= 0.3 is 10.2 Å². The fourth-order valence-corrected chi connectivity index (χ4v) is 2.98. The second-order valence-corrected chi connectivity index (χ2v) is 5.66. The summed E-state index contributed by atoms with van der Waals surface area (Å²) in [4.78, 5) is 0. The van der Waals surface area contributed by atoms with Crippen LogP contribution in [0.1, 0.15) is 0 Å². The van der Waals surface area contributed by atoms with Crippen molar-refractivity contribution in [2.45, 2.75) is 0 Å². The maximum Gasteiger partial charge on any atom is 0.301 e. The van der Waals surface area contributed by atoms with Crippen molar-refractivity contribution in [3.8, 4) is 5.75 Å². The number of benzene rings is 1. The van der Waals surface area contributed by atoms with Gasteiger partial charge in [0.05, 0.1) is 12.8 Å². The number of nitrogens with one attached hydrogen (secondary N) is 2. The lowest BCUT2D eigenvalue weighted by molar-refractivity contribution is 0.362. The Labute approximate surface area is 107 Å². The third-order valence-corrected chi connectivity index (χ3v) is 4.29. The normalized spacial score (nSPS) is 17.4. The summed E-state index contributed by atoms with van der Waals surface area (Å²) in [6, 6.07) is 6.79. The highest BCUT2D eigenvalue weighted by Crippen LogP contribution is 2.17. The Hall–Kier alpha value is -1.31. The minimum absolute atomic E-state index is 0.492. The molecule has 0 aliphatic carbocycles.